The van der Waals surface area contributed by atoms with Crippen LogP contribution >= 0.6 is 0 Å². The molecule has 3 aliphatic rings. The average Bonchev–Trinajstić information content (AvgIpc) is 3.31. The van der Waals surface area contributed by atoms with Crippen LogP contribution in [-0.4, -0.2) is 42.6 Å². The van der Waals surface area contributed by atoms with E-state index in [2.05, 4.69) is 32.9 Å². The van der Waals surface area contributed by atoms with Crippen LogP contribution in [0.25, 0.3) is 0 Å². The van der Waals surface area contributed by atoms with E-state index in [-0.39, 0.29) is 35.3 Å². The van der Waals surface area contributed by atoms with Crippen LogP contribution in [-0.2, 0) is 11.2 Å². The lowest BCUT2D eigenvalue weighted by atomic mass is 9.79. The van der Waals surface area contributed by atoms with Crippen molar-refractivity contribution in [3.8, 4) is 11.5 Å². The van der Waals surface area contributed by atoms with E-state index in [0.29, 0.717) is 6.61 Å². The molecule has 0 bridgehead atoms. The first-order valence-corrected chi connectivity index (χ1v) is 10.3. The molecular formula is C22H32N2O3. The summed E-state index contributed by atoms with van der Waals surface area (Å²) in [5.41, 5.74) is 8.56. The van der Waals surface area contributed by atoms with Crippen molar-refractivity contribution in [1.29, 1.82) is 0 Å². The Morgan fingerprint density at radius 3 is 2.89 bits per heavy atom. The highest BCUT2D eigenvalue weighted by molar-refractivity contribution is 5.83. The SMILES string of the molecule is CCOc1cc2c(cc1C1CC1C(=O)N1CCC(N)C(C)(C)C1)OC(C)C2. The zero-order chi connectivity index (χ0) is 19.3. The van der Waals surface area contributed by atoms with Crippen LogP contribution in [0.15, 0.2) is 12.1 Å². The quantitative estimate of drug-likeness (QED) is 0.882. The molecule has 27 heavy (non-hydrogen) atoms. The zero-order valence-corrected chi connectivity index (χ0v) is 17.0. The van der Waals surface area contributed by atoms with Gasteiger partial charge in [-0.05, 0) is 44.2 Å². The second-order valence-corrected chi connectivity index (χ2v) is 9.16. The second-order valence-electron chi connectivity index (χ2n) is 9.16. The Bertz CT molecular complexity index is 745. The molecule has 0 radical (unpaired) electrons. The number of carbonyl (C=O) groups excluding carboxylic acids is 1. The number of amides is 1. The number of rotatable bonds is 4. The van der Waals surface area contributed by atoms with Gasteiger partial charge in [-0.1, -0.05) is 13.8 Å². The van der Waals surface area contributed by atoms with E-state index in [1.807, 2.05) is 11.8 Å². The number of piperidine rings is 1. The molecule has 4 atom stereocenters. The summed E-state index contributed by atoms with van der Waals surface area (Å²) in [4.78, 5) is 15.1. The number of fused-ring (bicyclic) bond motifs is 1. The number of nitrogens with zero attached hydrogens (tertiary/aromatic N) is 1. The fraction of sp³-hybridized carbons (Fsp3) is 0.682. The van der Waals surface area contributed by atoms with Crippen molar-refractivity contribution in [1.82, 2.24) is 4.90 Å². The molecule has 1 aromatic carbocycles. The minimum Gasteiger partial charge on any atom is -0.494 e. The van der Waals surface area contributed by atoms with Gasteiger partial charge in [-0.2, -0.15) is 0 Å². The molecule has 5 nitrogen and oxygen atoms in total. The molecule has 1 aromatic rings. The highest BCUT2D eigenvalue weighted by Crippen LogP contribution is 2.53. The van der Waals surface area contributed by atoms with E-state index in [9.17, 15) is 4.79 Å². The lowest BCUT2D eigenvalue weighted by Gasteiger charge is -2.42. The molecule has 5 heteroatoms. The maximum Gasteiger partial charge on any atom is 0.226 e. The third kappa shape index (κ3) is 3.42. The van der Waals surface area contributed by atoms with E-state index in [1.54, 1.807) is 0 Å². The van der Waals surface area contributed by atoms with Crippen LogP contribution in [0, 0.1) is 11.3 Å². The van der Waals surface area contributed by atoms with Gasteiger partial charge in [0, 0.05) is 48.5 Å². The highest BCUT2D eigenvalue weighted by atomic mass is 16.5. The topological polar surface area (TPSA) is 64.8 Å². The Hall–Kier alpha value is -1.75. The Labute approximate surface area is 162 Å². The number of ether oxygens (including phenoxy) is 2. The third-order valence-corrected chi connectivity index (χ3v) is 6.46. The fourth-order valence-corrected chi connectivity index (χ4v) is 4.63. The predicted octanol–water partition coefficient (Wildman–Crippen LogP) is 3.10. The molecule has 1 saturated heterocycles. The normalized spacial score (nSPS) is 31.2. The summed E-state index contributed by atoms with van der Waals surface area (Å²) >= 11 is 0. The molecular weight excluding hydrogens is 340 g/mol. The van der Waals surface area contributed by atoms with Crippen molar-refractivity contribution in [3.63, 3.8) is 0 Å². The van der Waals surface area contributed by atoms with Gasteiger partial charge in [0.05, 0.1) is 6.61 Å². The Morgan fingerprint density at radius 1 is 1.41 bits per heavy atom. The number of hydrogen-bond donors (Lipinski definition) is 1. The van der Waals surface area contributed by atoms with Gasteiger partial charge in [0.1, 0.15) is 17.6 Å². The van der Waals surface area contributed by atoms with Gasteiger partial charge in [-0.15, -0.1) is 0 Å². The monoisotopic (exact) mass is 372 g/mol. The van der Waals surface area contributed by atoms with E-state index in [4.69, 9.17) is 15.2 Å². The number of carbonyl (C=O) groups is 1. The molecule has 2 aliphatic heterocycles. The first kappa shape index (κ1) is 18.6. The molecule has 148 valence electrons. The Kier molecular flexibility index (Phi) is 4.61. The van der Waals surface area contributed by atoms with Gasteiger partial charge >= 0.3 is 0 Å². The van der Waals surface area contributed by atoms with E-state index < -0.39 is 0 Å². The molecule has 1 amide bonds. The van der Waals surface area contributed by atoms with Crippen LogP contribution in [0.4, 0.5) is 0 Å². The number of nitrogens with two attached hydrogens (primary N) is 1. The summed E-state index contributed by atoms with van der Waals surface area (Å²) in [5.74, 6) is 2.46. The first-order chi connectivity index (χ1) is 12.8. The van der Waals surface area contributed by atoms with Crippen molar-refractivity contribution < 1.29 is 14.3 Å². The molecule has 2 heterocycles. The molecule has 2 fully saturated rings. The van der Waals surface area contributed by atoms with Crippen LogP contribution in [0.3, 0.4) is 0 Å². The van der Waals surface area contributed by atoms with Gasteiger partial charge in [-0.3, -0.25) is 4.79 Å². The van der Waals surface area contributed by atoms with Crippen molar-refractivity contribution in [2.75, 3.05) is 19.7 Å². The molecule has 1 saturated carbocycles. The zero-order valence-electron chi connectivity index (χ0n) is 17.0. The minimum atomic E-state index is -0.0215. The van der Waals surface area contributed by atoms with E-state index >= 15 is 0 Å². The standard InChI is InChI=1S/C22H32N2O3/c1-5-26-19-9-14-8-13(2)27-18(14)11-16(19)15-10-17(15)21(25)24-7-6-20(23)22(3,4)12-24/h9,11,13,15,17,20H,5-8,10,12,23H2,1-4H3. The maximum atomic E-state index is 13.1. The molecule has 4 rings (SSSR count). The molecule has 0 aromatic heterocycles. The van der Waals surface area contributed by atoms with Crippen molar-refractivity contribution >= 4 is 5.91 Å². The molecule has 4 unspecified atom stereocenters. The van der Waals surface area contributed by atoms with Crippen molar-refractivity contribution in [2.24, 2.45) is 17.1 Å². The third-order valence-electron chi connectivity index (χ3n) is 6.46. The highest BCUT2D eigenvalue weighted by Gasteiger charge is 2.49. The summed E-state index contributed by atoms with van der Waals surface area (Å²) in [6.07, 6.45) is 2.91. The second kappa shape index (κ2) is 6.69. The summed E-state index contributed by atoms with van der Waals surface area (Å²) < 4.78 is 11.9. The van der Waals surface area contributed by atoms with Gasteiger partial charge in [0.15, 0.2) is 0 Å². The van der Waals surface area contributed by atoms with E-state index in [1.165, 1.54) is 5.56 Å². The van der Waals surface area contributed by atoms with Crippen molar-refractivity contribution in [3.05, 3.63) is 23.3 Å². The number of likely N-dealkylation sites (tertiary alicyclic amines) is 1. The predicted molar refractivity (Wildman–Crippen MR) is 105 cm³/mol. The molecule has 2 N–H and O–H groups in total. The molecule has 1 aliphatic carbocycles. The fourth-order valence-electron chi connectivity index (χ4n) is 4.63. The van der Waals surface area contributed by atoms with Gasteiger partial charge < -0.3 is 20.1 Å². The number of hydrogen-bond acceptors (Lipinski definition) is 4. The minimum absolute atomic E-state index is 0.0215. The Morgan fingerprint density at radius 2 is 2.19 bits per heavy atom. The first-order valence-electron chi connectivity index (χ1n) is 10.3. The Balaban J connectivity index is 1.51. The summed E-state index contributed by atoms with van der Waals surface area (Å²) in [6.45, 7) is 10.6. The van der Waals surface area contributed by atoms with Crippen LogP contribution in [0.5, 0.6) is 11.5 Å². The van der Waals surface area contributed by atoms with Gasteiger partial charge in [0.25, 0.3) is 0 Å². The summed E-state index contributed by atoms with van der Waals surface area (Å²) in [5, 5.41) is 0. The average molecular weight is 373 g/mol. The smallest absolute Gasteiger partial charge is 0.226 e. The van der Waals surface area contributed by atoms with Gasteiger partial charge in [0.2, 0.25) is 5.91 Å². The largest absolute Gasteiger partial charge is 0.494 e. The van der Waals surface area contributed by atoms with E-state index in [0.717, 1.165) is 49.4 Å². The van der Waals surface area contributed by atoms with Gasteiger partial charge in [-0.25, -0.2) is 0 Å². The number of benzene rings is 1. The lowest BCUT2D eigenvalue weighted by Crippen LogP contribution is -2.54. The van der Waals surface area contributed by atoms with Crippen LogP contribution < -0.4 is 15.2 Å². The van der Waals surface area contributed by atoms with Crippen molar-refractivity contribution in [2.45, 2.75) is 65.0 Å². The summed E-state index contributed by atoms with van der Waals surface area (Å²) in [6, 6.07) is 4.41. The maximum absolute atomic E-state index is 13.1. The van der Waals surface area contributed by atoms with Crippen LogP contribution in [0.2, 0.25) is 0 Å². The summed E-state index contributed by atoms with van der Waals surface area (Å²) in [7, 11) is 0. The molecule has 0 spiro atoms. The lowest BCUT2D eigenvalue weighted by molar-refractivity contribution is -0.136. The van der Waals surface area contributed by atoms with Crippen LogP contribution in [0.1, 0.15) is 57.6 Å².